The van der Waals surface area contributed by atoms with Gasteiger partial charge in [0.25, 0.3) is 0 Å². The number of nitro benzene ring substituents is 1. The van der Waals surface area contributed by atoms with E-state index in [4.69, 9.17) is 0 Å². The fraction of sp³-hybridized carbons (Fsp3) is 0.0769. The molecular weight excluding hydrogens is 393 g/mol. The van der Waals surface area contributed by atoms with Gasteiger partial charge in [0.2, 0.25) is 17.4 Å². The van der Waals surface area contributed by atoms with Crippen LogP contribution < -0.4 is 8.92 Å². The highest BCUT2D eigenvalue weighted by molar-refractivity contribution is 7.87. The van der Waals surface area contributed by atoms with Crippen molar-refractivity contribution >= 4 is 15.8 Å². The summed E-state index contributed by atoms with van der Waals surface area (Å²) in [5.74, 6) is -13.1. The topological polar surface area (TPSA) is 95.7 Å². The molecule has 0 spiro atoms. The fourth-order valence-electron chi connectivity index (χ4n) is 1.86. The van der Waals surface area contributed by atoms with Gasteiger partial charge in [0.15, 0.2) is 22.3 Å². The van der Waals surface area contributed by atoms with Crippen LogP contribution in [0.2, 0.25) is 0 Å². The van der Waals surface area contributed by atoms with E-state index >= 15 is 0 Å². The van der Waals surface area contributed by atoms with Crippen molar-refractivity contribution in [1.82, 2.24) is 0 Å². The van der Waals surface area contributed by atoms with Gasteiger partial charge in [-0.2, -0.15) is 17.2 Å². The second-order valence-corrected chi connectivity index (χ2v) is 6.01. The Labute approximate surface area is 141 Å². The molecule has 0 fully saturated rings. The molecule has 0 aromatic heterocycles. The summed E-state index contributed by atoms with van der Waals surface area (Å²) < 4.78 is 101. The molecule has 0 aliphatic carbocycles. The second-order valence-electron chi connectivity index (χ2n) is 4.52. The molecule has 0 radical (unpaired) electrons. The summed E-state index contributed by atoms with van der Waals surface area (Å²) in [5, 5.41) is 10.8. The third-order valence-corrected chi connectivity index (χ3v) is 4.21. The standard InChI is InChI=1S/C13H6F5NO6S/c1-24-12-8(15)10(17)13(11(18)9(12)16)26(22,23)25-7-4-5(14)2-3-6(7)19(20)21/h2-4H,1H3. The number of hydrogen-bond donors (Lipinski definition) is 0. The van der Waals surface area contributed by atoms with Gasteiger partial charge in [0, 0.05) is 12.1 Å². The van der Waals surface area contributed by atoms with Gasteiger partial charge < -0.3 is 8.92 Å². The molecule has 2 aromatic rings. The number of nitrogens with zero attached hydrogens (tertiary/aromatic N) is 1. The molecule has 0 aliphatic rings. The Morgan fingerprint density at radius 2 is 1.54 bits per heavy atom. The minimum Gasteiger partial charge on any atom is -0.491 e. The Bertz CT molecular complexity index is 982. The summed E-state index contributed by atoms with van der Waals surface area (Å²) in [6.07, 6.45) is 0. The molecule has 13 heteroatoms. The number of halogens is 5. The first-order valence-corrected chi connectivity index (χ1v) is 7.70. The van der Waals surface area contributed by atoms with Crippen LogP contribution in [0.3, 0.4) is 0 Å². The molecular formula is C13H6F5NO6S. The highest BCUT2D eigenvalue weighted by Gasteiger charge is 2.36. The Balaban J connectivity index is 2.68. The Kier molecular flexibility index (Phi) is 5.02. The lowest BCUT2D eigenvalue weighted by Crippen LogP contribution is -2.17. The van der Waals surface area contributed by atoms with Gasteiger partial charge in [-0.25, -0.2) is 13.2 Å². The lowest BCUT2D eigenvalue weighted by molar-refractivity contribution is -0.385. The molecule has 2 rings (SSSR count). The summed E-state index contributed by atoms with van der Waals surface area (Å²) in [7, 11) is -5.01. The molecule has 140 valence electrons. The lowest BCUT2D eigenvalue weighted by Gasteiger charge is -2.12. The first-order chi connectivity index (χ1) is 12.0. The minimum atomic E-state index is -5.67. The molecule has 0 saturated heterocycles. The fourth-order valence-corrected chi connectivity index (χ4v) is 2.93. The molecule has 0 aliphatic heterocycles. The van der Waals surface area contributed by atoms with Gasteiger partial charge in [0.1, 0.15) is 5.82 Å². The molecule has 0 N–H and O–H groups in total. The monoisotopic (exact) mass is 399 g/mol. The first-order valence-electron chi connectivity index (χ1n) is 6.29. The zero-order valence-corrected chi connectivity index (χ0v) is 13.2. The summed E-state index contributed by atoms with van der Waals surface area (Å²) in [4.78, 5) is 7.43. The number of methoxy groups -OCH3 is 1. The largest absolute Gasteiger partial charge is 0.491 e. The van der Waals surface area contributed by atoms with E-state index in [0.717, 1.165) is 0 Å². The van der Waals surface area contributed by atoms with Crippen molar-refractivity contribution in [3.05, 3.63) is 57.4 Å². The molecule has 7 nitrogen and oxygen atoms in total. The van der Waals surface area contributed by atoms with Gasteiger partial charge in [-0.05, 0) is 6.07 Å². The van der Waals surface area contributed by atoms with Gasteiger partial charge in [-0.3, -0.25) is 10.1 Å². The molecule has 26 heavy (non-hydrogen) atoms. The maximum atomic E-state index is 13.9. The van der Waals surface area contributed by atoms with Crippen molar-refractivity contribution in [2.45, 2.75) is 4.90 Å². The van der Waals surface area contributed by atoms with Crippen molar-refractivity contribution in [3.8, 4) is 11.5 Å². The van der Waals surface area contributed by atoms with Gasteiger partial charge in [-0.1, -0.05) is 0 Å². The average Bonchev–Trinajstić information content (AvgIpc) is 2.53. The van der Waals surface area contributed by atoms with Crippen LogP contribution in [0.15, 0.2) is 23.1 Å². The third kappa shape index (κ3) is 3.24. The summed E-state index contributed by atoms with van der Waals surface area (Å²) in [5.41, 5.74) is -1.08. The van der Waals surface area contributed by atoms with Crippen LogP contribution in [0.5, 0.6) is 11.5 Å². The normalized spacial score (nSPS) is 11.3. The van der Waals surface area contributed by atoms with Crippen molar-refractivity contribution in [2.24, 2.45) is 0 Å². The SMILES string of the molecule is COc1c(F)c(F)c(S(=O)(=O)Oc2cc(F)ccc2[N+](=O)[O-])c(F)c1F. The Hall–Kier alpha value is -2.96. The Morgan fingerprint density at radius 3 is 2.00 bits per heavy atom. The van der Waals surface area contributed by atoms with E-state index < -0.39 is 66.2 Å². The number of rotatable bonds is 5. The van der Waals surface area contributed by atoms with E-state index in [2.05, 4.69) is 8.92 Å². The summed E-state index contributed by atoms with van der Waals surface area (Å²) in [6.45, 7) is 0. The maximum Gasteiger partial charge on any atom is 0.345 e. The van der Waals surface area contributed by atoms with Crippen LogP contribution >= 0.6 is 0 Å². The van der Waals surface area contributed by atoms with Crippen LogP contribution in [-0.2, 0) is 10.1 Å². The molecule has 0 atom stereocenters. The first kappa shape index (κ1) is 19.4. The van der Waals surface area contributed by atoms with Crippen molar-refractivity contribution in [1.29, 1.82) is 0 Å². The molecule has 0 saturated carbocycles. The zero-order valence-electron chi connectivity index (χ0n) is 12.4. The second kappa shape index (κ2) is 6.74. The third-order valence-electron chi connectivity index (χ3n) is 2.95. The molecule has 0 heterocycles. The zero-order chi connectivity index (χ0) is 19.8. The van der Waals surface area contributed by atoms with E-state index in [1.807, 2.05) is 0 Å². The lowest BCUT2D eigenvalue weighted by atomic mass is 10.3. The van der Waals surface area contributed by atoms with Crippen molar-refractivity contribution in [3.63, 3.8) is 0 Å². The van der Waals surface area contributed by atoms with Gasteiger partial charge in [-0.15, -0.1) is 0 Å². The van der Waals surface area contributed by atoms with Crippen LogP contribution in [0.25, 0.3) is 0 Å². The van der Waals surface area contributed by atoms with Gasteiger partial charge in [0.05, 0.1) is 12.0 Å². The van der Waals surface area contributed by atoms with Crippen molar-refractivity contribution < 1.29 is 44.2 Å². The predicted molar refractivity (Wildman–Crippen MR) is 73.7 cm³/mol. The van der Waals surface area contributed by atoms with Gasteiger partial charge >= 0.3 is 15.8 Å². The molecule has 0 bridgehead atoms. The van der Waals surface area contributed by atoms with E-state index in [1.54, 1.807) is 0 Å². The smallest absolute Gasteiger partial charge is 0.345 e. The van der Waals surface area contributed by atoms with Crippen molar-refractivity contribution in [2.75, 3.05) is 7.11 Å². The highest BCUT2D eigenvalue weighted by atomic mass is 32.2. The number of hydrogen-bond acceptors (Lipinski definition) is 6. The van der Waals surface area contributed by atoms with E-state index in [9.17, 15) is 40.5 Å². The molecule has 0 amide bonds. The summed E-state index contributed by atoms with van der Waals surface area (Å²) >= 11 is 0. The number of benzene rings is 2. The quantitative estimate of drug-likeness (QED) is 0.252. The average molecular weight is 399 g/mol. The highest BCUT2D eigenvalue weighted by Crippen LogP contribution is 2.35. The minimum absolute atomic E-state index is 0.238. The molecule has 2 aromatic carbocycles. The van der Waals surface area contributed by atoms with E-state index in [1.165, 1.54) is 0 Å². The summed E-state index contributed by atoms with van der Waals surface area (Å²) in [6, 6.07) is 1.34. The van der Waals surface area contributed by atoms with Crippen LogP contribution in [0, 0.1) is 39.2 Å². The Morgan fingerprint density at radius 1 is 1.00 bits per heavy atom. The van der Waals surface area contributed by atoms with E-state index in [0.29, 0.717) is 19.2 Å². The number of nitro groups is 1. The van der Waals surface area contributed by atoms with Crippen LogP contribution in [-0.4, -0.2) is 20.5 Å². The predicted octanol–water partition coefficient (Wildman–Crippen LogP) is 3.07. The van der Waals surface area contributed by atoms with E-state index in [-0.39, 0.29) is 6.07 Å². The molecule has 0 unspecified atom stereocenters. The number of ether oxygens (including phenoxy) is 1. The van der Waals surface area contributed by atoms with Crippen LogP contribution in [0.4, 0.5) is 27.6 Å². The van der Waals surface area contributed by atoms with Crippen LogP contribution in [0.1, 0.15) is 0 Å². The maximum absolute atomic E-state index is 13.9.